The number of aryl methyl sites for hydroxylation is 1. The third-order valence-electron chi connectivity index (χ3n) is 16.2. The maximum Gasteiger partial charge on any atom is 0.415 e. The molecule has 3 atom stereocenters. The van der Waals surface area contributed by atoms with Gasteiger partial charge in [-0.3, -0.25) is 43.3 Å². The molecular weight excluding hydrogens is 1400 g/mol. The highest BCUT2D eigenvalue weighted by molar-refractivity contribution is 7.15. The molecule has 9 rings (SSSR count). The van der Waals surface area contributed by atoms with Crippen molar-refractivity contribution in [1.29, 1.82) is 0 Å². The first kappa shape index (κ1) is 74.3. The molecule has 1 unspecified atom stereocenters. The van der Waals surface area contributed by atoms with Gasteiger partial charge in [0.25, 0.3) is 17.7 Å². The predicted octanol–water partition coefficient (Wildman–Crippen LogP) is 10.0. The van der Waals surface area contributed by atoms with Crippen molar-refractivity contribution in [1.82, 2.24) is 56.2 Å². The molecule has 1 aliphatic carbocycles. The Balaban J connectivity index is 0.985. The zero-order valence-electron chi connectivity index (χ0n) is 54.4. The molecule has 7 heterocycles. The van der Waals surface area contributed by atoms with Crippen LogP contribution in [0.1, 0.15) is 171 Å². The largest absolute Gasteiger partial charge is 0.481 e. The van der Waals surface area contributed by atoms with E-state index in [0.29, 0.717) is 82.4 Å². The first-order valence-electron chi connectivity index (χ1n) is 31.5. The van der Waals surface area contributed by atoms with E-state index in [9.17, 15) is 58.5 Å². The van der Waals surface area contributed by atoms with Gasteiger partial charge in [0.2, 0.25) is 11.8 Å². The second-order valence-electron chi connectivity index (χ2n) is 23.7. The van der Waals surface area contributed by atoms with Crippen LogP contribution in [0.25, 0.3) is 43.4 Å². The summed E-state index contributed by atoms with van der Waals surface area (Å²) >= 11 is 7.27. The number of aliphatic hydroxyl groups is 1. The second-order valence-corrected chi connectivity index (χ2v) is 29.5. The van der Waals surface area contributed by atoms with Crippen LogP contribution in [0, 0.1) is 18.3 Å². The minimum atomic E-state index is -1.08. The highest BCUT2D eigenvalue weighted by atomic mass is 32.1. The molecule has 10 N–H and O–H groups in total. The van der Waals surface area contributed by atoms with E-state index in [2.05, 4.69) is 31.2 Å². The Kier molecular flexibility index (Phi) is 25.7. The van der Waals surface area contributed by atoms with Gasteiger partial charge in [0.1, 0.15) is 71.1 Å². The van der Waals surface area contributed by atoms with E-state index in [1.54, 1.807) is 35.2 Å². The minimum absolute atomic E-state index is 0.0181. The van der Waals surface area contributed by atoms with Crippen LogP contribution < -0.4 is 31.9 Å². The number of hydrogen-bond acceptors (Lipinski definition) is 25. The fraction of sp³-hybridized carbons (Fsp3) is 0.415. The van der Waals surface area contributed by atoms with Gasteiger partial charge in [-0.05, 0) is 81.9 Å². The van der Waals surface area contributed by atoms with E-state index in [-0.39, 0.29) is 111 Å². The summed E-state index contributed by atoms with van der Waals surface area (Å²) in [4.78, 5) is 152. The molecule has 0 spiro atoms. The quantitative estimate of drug-likeness (QED) is 0.0169. The van der Waals surface area contributed by atoms with Gasteiger partial charge in [-0.2, -0.15) is 0 Å². The van der Waals surface area contributed by atoms with Gasteiger partial charge >= 0.3 is 24.0 Å². The van der Waals surface area contributed by atoms with Gasteiger partial charge in [-0.25, -0.2) is 39.7 Å². The number of carbonyl (C=O) groups excluding carboxylic acids is 6. The third-order valence-corrected chi connectivity index (χ3v) is 21.9. The van der Waals surface area contributed by atoms with Crippen molar-refractivity contribution in [3.05, 3.63) is 111 Å². The Hall–Kier alpha value is -8.90. The Bertz CT molecular complexity index is 4210. The van der Waals surface area contributed by atoms with Gasteiger partial charge in [-0.1, -0.05) is 50.6 Å². The number of anilines is 1. The standard InChI is InChI=1S/C65H73N13O15S6/c1-33(2)51(62-77-54(44(99-62)28-92-5)56(87)68-27-45(66)80)75-57(88)52-34(3)98-61(76-52)39(25-47(81)67-4)71-55(86)41-30-95-58(73-41)37-17-18-38(70-53(37)40-29-96-60(72-40)42-31-94-48(69-42)26-43(79)35-13-7-6-8-14-35)59-74-46(32-97-59)78(24-12-10-16-50(84)85)64(91)93-36-19-22-65(23-20-36,63(89)90)21-11-9-15-49(82)83/h6-8,13-14,17-18,29-33,36,39,43,51,79H,9-12,15-16,19-28H2,1-5H3,(H2,66,80)(H,67,81)(H,68,87)(H,71,86)(H,75,88)(H,82,83)(H,84,85)(H,89,90)/t36?,39-,43+,51?,65?/m0/s1. The van der Waals surface area contributed by atoms with Gasteiger partial charge in [0.05, 0.1) is 58.8 Å². The number of rotatable bonds is 34. The SMILES string of the molecule is CNC(=O)C[C@H](NC(=O)c1csc(-c2ccc(-c3nc(N(CCCCC(=O)O)C(=O)OC4CCC(CCCCC(=O)O)(C(=O)O)CC4)cs3)nc2-c2csc(-c3csc(C[C@@H](O)c4ccccc4)n3)n2)n1)c1nc(C(=O)NC(c2nc(C(=O)NCC(N)=O)c(COC)s2)C(C)C)c(C)s1. The van der Waals surface area contributed by atoms with E-state index in [1.807, 2.05) is 49.6 Å². The first-order chi connectivity index (χ1) is 47.4. The number of benzene rings is 1. The number of aliphatic hydroxyl groups excluding tert-OH is 1. The number of primary amides is 1. The van der Waals surface area contributed by atoms with Crippen molar-refractivity contribution in [3.8, 4) is 43.4 Å². The molecule has 7 aromatic heterocycles. The number of aliphatic carboxylic acids is 3. The summed E-state index contributed by atoms with van der Waals surface area (Å²) in [5, 5.41) is 60.3. The van der Waals surface area contributed by atoms with Crippen LogP contribution in [0.15, 0.2) is 64.0 Å². The molecule has 6 amide bonds. The van der Waals surface area contributed by atoms with Gasteiger partial charge < -0.3 is 56.9 Å². The summed E-state index contributed by atoms with van der Waals surface area (Å²) in [5.74, 6) is -6.06. The number of hydrogen-bond donors (Lipinski definition) is 9. The normalized spacial score (nSPS) is 15.4. The number of thiazole rings is 6. The lowest BCUT2D eigenvalue weighted by Crippen LogP contribution is -2.41. The average molecular weight is 1470 g/mol. The van der Waals surface area contributed by atoms with Crippen LogP contribution in [0.2, 0.25) is 0 Å². The Morgan fingerprint density at radius 3 is 2.09 bits per heavy atom. The molecule has 524 valence electrons. The van der Waals surface area contributed by atoms with Crippen molar-refractivity contribution in [3.63, 3.8) is 0 Å². The number of nitrogens with one attached hydrogen (secondary N) is 4. The number of carbonyl (C=O) groups is 9. The molecule has 1 fully saturated rings. The van der Waals surface area contributed by atoms with E-state index >= 15 is 0 Å². The van der Waals surface area contributed by atoms with Crippen LogP contribution in [-0.2, 0) is 46.5 Å². The Labute approximate surface area is 591 Å². The van der Waals surface area contributed by atoms with Crippen LogP contribution in [0.3, 0.4) is 0 Å². The van der Waals surface area contributed by atoms with E-state index in [4.69, 9.17) is 45.2 Å². The summed E-state index contributed by atoms with van der Waals surface area (Å²) in [6.07, 6.45) is 0.158. The van der Waals surface area contributed by atoms with Gasteiger partial charge in [0, 0.05) is 71.9 Å². The molecule has 34 heteroatoms. The topological polar surface area (TPSA) is 421 Å². The second kappa shape index (κ2) is 34.2. The summed E-state index contributed by atoms with van der Waals surface area (Å²) in [5.41, 5.74) is 7.09. The first-order valence-corrected chi connectivity index (χ1v) is 36.6. The summed E-state index contributed by atoms with van der Waals surface area (Å²) in [6.45, 7) is 5.06. The van der Waals surface area contributed by atoms with Crippen molar-refractivity contribution in [2.45, 2.75) is 135 Å². The molecule has 1 saturated carbocycles. The fourth-order valence-electron chi connectivity index (χ4n) is 10.9. The number of methoxy groups -OCH3 is 1. The monoisotopic (exact) mass is 1470 g/mol. The van der Waals surface area contributed by atoms with Crippen molar-refractivity contribution < 1.29 is 73.1 Å². The average Bonchev–Trinajstić information content (AvgIpc) is 1.72. The Morgan fingerprint density at radius 1 is 0.717 bits per heavy atom. The third kappa shape index (κ3) is 19.3. The number of carboxylic acids is 3. The zero-order chi connectivity index (χ0) is 71.1. The summed E-state index contributed by atoms with van der Waals surface area (Å²) in [7, 11) is 2.90. The van der Waals surface area contributed by atoms with Crippen LogP contribution >= 0.6 is 68.0 Å². The van der Waals surface area contributed by atoms with Crippen molar-refractivity contribution in [2.24, 2.45) is 17.1 Å². The molecule has 0 bridgehead atoms. The van der Waals surface area contributed by atoms with Crippen molar-refractivity contribution in [2.75, 3.05) is 32.1 Å². The lowest BCUT2D eigenvalue weighted by atomic mass is 9.70. The number of aromatic nitrogens is 7. The molecule has 1 aliphatic rings. The van der Waals surface area contributed by atoms with Crippen LogP contribution in [-0.4, -0.2) is 142 Å². The lowest BCUT2D eigenvalue weighted by Gasteiger charge is -2.37. The molecule has 0 aliphatic heterocycles. The summed E-state index contributed by atoms with van der Waals surface area (Å²) < 4.78 is 11.4. The molecule has 28 nitrogen and oxygen atoms in total. The predicted molar refractivity (Wildman–Crippen MR) is 373 cm³/mol. The smallest absolute Gasteiger partial charge is 0.415 e. The number of nitrogens with zero attached hydrogens (tertiary/aromatic N) is 8. The number of amides is 6. The highest BCUT2D eigenvalue weighted by Gasteiger charge is 2.43. The number of carboxylic acid groups (broad SMARTS) is 3. The number of nitrogens with two attached hydrogens (primary N) is 1. The van der Waals surface area contributed by atoms with Crippen molar-refractivity contribution >= 4 is 127 Å². The van der Waals surface area contributed by atoms with E-state index in [0.717, 1.165) is 39.6 Å². The molecule has 8 aromatic rings. The molecule has 1 aromatic carbocycles. The minimum Gasteiger partial charge on any atom is -0.481 e. The summed E-state index contributed by atoms with van der Waals surface area (Å²) in [6, 6.07) is 11.0. The van der Waals surface area contributed by atoms with Crippen LogP contribution in [0.4, 0.5) is 10.6 Å². The maximum absolute atomic E-state index is 14.5. The fourth-order valence-corrected chi connectivity index (χ4v) is 16.4. The number of ether oxygens (including phenoxy) is 2. The Morgan fingerprint density at radius 2 is 1.40 bits per heavy atom. The lowest BCUT2D eigenvalue weighted by molar-refractivity contribution is -0.153. The van der Waals surface area contributed by atoms with Crippen LogP contribution in [0.5, 0.6) is 0 Å². The molecule has 0 saturated heterocycles. The van der Waals surface area contributed by atoms with E-state index < -0.39 is 89.8 Å². The van der Waals surface area contributed by atoms with Gasteiger partial charge in [0.15, 0.2) is 0 Å². The maximum atomic E-state index is 14.5. The molecular formula is C65H73N13O15S6. The highest BCUT2D eigenvalue weighted by Crippen LogP contribution is 2.44. The molecule has 99 heavy (non-hydrogen) atoms. The molecule has 0 radical (unpaired) electrons. The number of unbranched alkanes of at least 4 members (excludes halogenated alkanes) is 2. The number of pyridine rings is 1. The zero-order valence-corrected chi connectivity index (χ0v) is 59.3. The van der Waals surface area contributed by atoms with E-state index in [1.165, 1.54) is 53.1 Å². The van der Waals surface area contributed by atoms with Gasteiger partial charge in [-0.15, -0.1) is 68.0 Å².